The number of amides is 2. The SMILES string of the molecule is Cc1cccc(-c2sc(C)nc2C(=O)N2CCSC2CNC(=O)c2cccc(C(F)(F)F)n2)c1. The average Bonchev–Trinajstić information content (AvgIpc) is 3.43. The zero-order valence-electron chi connectivity index (χ0n) is 18.3. The number of nitrogens with one attached hydrogen (secondary N) is 1. The molecule has 2 aromatic heterocycles. The van der Waals surface area contributed by atoms with Crippen molar-refractivity contribution in [2.24, 2.45) is 0 Å². The van der Waals surface area contributed by atoms with Gasteiger partial charge in [-0.2, -0.15) is 13.2 Å². The monoisotopic (exact) mass is 506 g/mol. The van der Waals surface area contributed by atoms with Gasteiger partial charge in [0.05, 0.1) is 15.3 Å². The Morgan fingerprint density at radius 2 is 1.91 bits per heavy atom. The van der Waals surface area contributed by atoms with Crippen LogP contribution in [0.1, 0.15) is 37.2 Å². The topological polar surface area (TPSA) is 75.2 Å². The molecule has 3 heterocycles. The van der Waals surface area contributed by atoms with Crippen LogP contribution in [0.4, 0.5) is 13.2 Å². The van der Waals surface area contributed by atoms with Crippen LogP contribution in [0.25, 0.3) is 10.4 Å². The molecule has 1 N–H and O–H groups in total. The lowest BCUT2D eigenvalue weighted by Gasteiger charge is -2.23. The van der Waals surface area contributed by atoms with Gasteiger partial charge in [-0.15, -0.1) is 23.1 Å². The first-order chi connectivity index (χ1) is 16.1. The van der Waals surface area contributed by atoms with Gasteiger partial charge >= 0.3 is 6.18 Å². The van der Waals surface area contributed by atoms with Gasteiger partial charge in [0.2, 0.25) is 0 Å². The Kier molecular flexibility index (Phi) is 6.94. The van der Waals surface area contributed by atoms with Crippen LogP contribution in [0.5, 0.6) is 0 Å². The third-order valence-electron chi connectivity index (χ3n) is 5.18. The van der Waals surface area contributed by atoms with E-state index in [1.165, 1.54) is 29.2 Å². The van der Waals surface area contributed by atoms with E-state index in [2.05, 4.69) is 15.3 Å². The van der Waals surface area contributed by atoms with Crippen molar-refractivity contribution in [3.05, 3.63) is 70.1 Å². The largest absolute Gasteiger partial charge is 0.433 e. The van der Waals surface area contributed by atoms with E-state index in [0.29, 0.717) is 18.0 Å². The van der Waals surface area contributed by atoms with Crippen LogP contribution in [0.3, 0.4) is 0 Å². The summed E-state index contributed by atoms with van der Waals surface area (Å²) in [6.07, 6.45) is -4.64. The van der Waals surface area contributed by atoms with Gasteiger partial charge in [0.1, 0.15) is 17.1 Å². The number of rotatable bonds is 5. The molecule has 0 aliphatic carbocycles. The second-order valence-corrected chi connectivity index (χ2v) is 10.2. The van der Waals surface area contributed by atoms with Crippen LogP contribution in [-0.4, -0.2) is 50.9 Å². The van der Waals surface area contributed by atoms with Gasteiger partial charge in [-0.25, -0.2) is 9.97 Å². The van der Waals surface area contributed by atoms with Gasteiger partial charge < -0.3 is 10.2 Å². The molecule has 1 aliphatic rings. The second-order valence-electron chi connectivity index (χ2n) is 7.72. The van der Waals surface area contributed by atoms with Gasteiger partial charge in [0.25, 0.3) is 11.8 Å². The number of aryl methyl sites for hydroxylation is 2. The van der Waals surface area contributed by atoms with E-state index in [1.807, 2.05) is 38.1 Å². The number of thioether (sulfide) groups is 1. The Morgan fingerprint density at radius 3 is 2.65 bits per heavy atom. The van der Waals surface area contributed by atoms with Gasteiger partial charge in [-0.1, -0.05) is 35.9 Å². The van der Waals surface area contributed by atoms with Crippen LogP contribution in [0.2, 0.25) is 0 Å². The molecule has 6 nitrogen and oxygen atoms in total. The molecule has 0 saturated carbocycles. The minimum absolute atomic E-state index is 0.0794. The molecule has 11 heteroatoms. The summed E-state index contributed by atoms with van der Waals surface area (Å²) in [5, 5.41) is 3.02. The summed E-state index contributed by atoms with van der Waals surface area (Å²) in [4.78, 5) is 36.2. The Hall–Kier alpha value is -2.92. The molecule has 1 unspecified atom stereocenters. The maximum Gasteiger partial charge on any atom is 0.433 e. The molecule has 1 atom stereocenters. The predicted molar refractivity (Wildman–Crippen MR) is 126 cm³/mol. The number of hydrogen-bond acceptors (Lipinski definition) is 6. The highest BCUT2D eigenvalue weighted by molar-refractivity contribution is 8.00. The molecule has 4 rings (SSSR count). The van der Waals surface area contributed by atoms with Crippen LogP contribution in [-0.2, 0) is 6.18 Å². The van der Waals surface area contributed by atoms with Crippen molar-refractivity contribution in [2.75, 3.05) is 18.8 Å². The first kappa shape index (κ1) is 24.2. The fourth-order valence-electron chi connectivity index (χ4n) is 3.60. The van der Waals surface area contributed by atoms with Gasteiger partial charge in [0.15, 0.2) is 0 Å². The average molecular weight is 507 g/mol. The van der Waals surface area contributed by atoms with Crippen LogP contribution >= 0.6 is 23.1 Å². The van der Waals surface area contributed by atoms with Crippen molar-refractivity contribution in [1.29, 1.82) is 0 Å². The van der Waals surface area contributed by atoms with Gasteiger partial charge in [0, 0.05) is 18.8 Å². The van der Waals surface area contributed by atoms with Crippen LogP contribution < -0.4 is 5.32 Å². The van der Waals surface area contributed by atoms with Gasteiger partial charge in [-0.3, -0.25) is 9.59 Å². The summed E-state index contributed by atoms with van der Waals surface area (Å²) in [6, 6.07) is 11.0. The number of carbonyl (C=O) groups excluding carboxylic acids is 2. The lowest BCUT2D eigenvalue weighted by Crippen LogP contribution is -2.42. The smallest absolute Gasteiger partial charge is 0.348 e. The first-order valence-electron chi connectivity index (χ1n) is 10.4. The number of nitrogens with zero attached hydrogens (tertiary/aromatic N) is 3. The van der Waals surface area contributed by atoms with Gasteiger partial charge in [-0.05, 0) is 31.5 Å². The minimum atomic E-state index is -4.64. The number of halogens is 3. The van der Waals surface area contributed by atoms with Crippen molar-refractivity contribution in [3.63, 3.8) is 0 Å². The highest BCUT2D eigenvalue weighted by atomic mass is 32.2. The standard InChI is InChI=1S/C23H21F3N4O2S2/c1-13-5-3-6-15(11-13)20-19(28-14(2)34-20)22(32)30-9-10-33-18(30)12-27-21(31)16-7-4-8-17(29-16)23(24,25)26/h3-8,11,18H,9-10,12H2,1-2H3,(H,27,31). The fraction of sp³-hybridized carbons (Fsp3) is 0.304. The molecule has 1 saturated heterocycles. The molecule has 1 aliphatic heterocycles. The molecular weight excluding hydrogens is 485 g/mol. The van der Waals surface area contributed by atoms with E-state index in [1.54, 1.807) is 4.90 Å². The Morgan fingerprint density at radius 1 is 1.15 bits per heavy atom. The zero-order valence-corrected chi connectivity index (χ0v) is 20.0. The van der Waals surface area contributed by atoms with E-state index in [4.69, 9.17) is 0 Å². The maximum atomic E-state index is 13.4. The molecular formula is C23H21F3N4O2S2. The lowest BCUT2D eigenvalue weighted by atomic mass is 10.1. The normalized spacial score (nSPS) is 16.0. The molecule has 1 aromatic carbocycles. The van der Waals surface area contributed by atoms with Crippen molar-refractivity contribution in [2.45, 2.75) is 25.4 Å². The van der Waals surface area contributed by atoms with Crippen molar-refractivity contribution >= 4 is 34.9 Å². The number of pyridine rings is 1. The molecule has 2 amide bonds. The Balaban J connectivity index is 1.49. The van der Waals surface area contributed by atoms with Crippen LogP contribution in [0.15, 0.2) is 42.5 Å². The third-order valence-corrected chi connectivity index (χ3v) is 7.42. The van der Waals surface area contributed by atoms with E-state index in [0.717, 1.165) is 33.1 Å². The molecule has 0 radical (unpaired) electrons. The molecule has 0 bridgehead atoms. The summed E-state index contributed by atoms with van der Waals surface area (Å²) >= 11 is 2.94. The minimum Gasteiger partial charge on any atom is -0.348 e. The maximum absolute atomic E-state index is 13.4. The molecule has 34 heavy (non-hydrogen) atoms. The highest BCUT2D eigenvalue weighted by Crippen LogP contribution is 2.34. The second kappa shape index (κ2) is 9.75. The predicted octanol–water partition coefficient (Wildman–Crippen LogP) is 4.79. The van der Waals surface area contributed by atoms with Crippen molar-refractivity contribution in [3.8, 4) is 10.4 Å². The molecule has 0 spiro atoms. The third kappa shape index (κ3) is 5.25. The number of alkyl halides is 3. The van der Waals surface area contributed by atoms with E-state index < -0.39 is 17.8 Å². The number of benzene rings is 1. The summed E-state index contributed by atoms with van der Waals surface area (Å²) in [7, 11) is 0. The van der Waals surface area contributed by atoms with E-state index in [-0.39, 0.29) is 23.5 Å². The Labute approximate surface area is 202 Å². The van der Waals surface area contributed by atoms with Crippen LogP contribution in [0, 0.1) is 13.8 Å². The number of aromatic nitrogens is 2. The fourth-order valence-corrected chi connectivity index (χ4v) is 5.67. The van der Waals surface area contributed by atoms with E-state index >= 15 is 0 Å². The molecule has 1 fully saturated rings. The first-order valence-corrected chi connectivity index (χ1v) is 12.3. The lowest BCUT2D eigenvalue weighted by molar-refractivity contribution is -0.141. The number of hydrogen-bond donors (Lipinski definition) is 1. The molecule has 178 valence electrons. The van der Waals surface area contributed by atoms with Crippen molar-refractivity contribution in [1.82, 2.24) is 20.2 Å². The summed E-state index contributed by atoms with van der Waals surface area (Å²) in [5.41, 5.74) is 0.901. The summed E-state index contributed by atoms with van der Waals surface area (Å²) in [6.45, 7) is 4.39. The van der Waals surface area contributed by atoms with Crippen molar-refractivity contribution < 1.29 is 22.8 Å². The molecule has 3 aromatic rings. The van der Waals surface area contributed by atoms with E-state index in [9.17, 15) is 22.8 Å². The summed E-state index contributed by atoms with van der Waals surface area (Å²) in [5.74, 6) is -0.282. The quantitative estimate of drug-likeness (QED) is 0.539. The number of thiazole rings is 1. The number of carbonyl (C=O) groups is 2. The highest BCUT2D eigenvalue weighted by Gasteiger charge is 2.35. The Bertz CT molecular complexity index is 1230. The summed E-state index contributed by atoms with van der Waals surface area (Å²) < 4.78 is 38.7. The zero-order chi connectivity index (χ0) is 24.5.